The van der Waals surface area contributed by atoms with Crippen LogP contribution in [0.4, 0.5) is 5.69 Å². The zero-order chi connectivity index (χ0) is 14.3. The Hall–Kier alpha value is -1.02. The summed E-state index contributed by atoms with van der Waals surface area (Å²) in [6.45, 7) is 13.2. The lowest BCUT2D eigenvalue weighted by molar-refractivity contribution is 0.475. The molecule has 0 amide bonds. The Morgan fingerprint density at radius 1 is 1.21 bits per heavy atom. The zero-order valence-corrected chi connectivity index (χ0v) is 13.2. The maximum atomic E-state index is 3.59. The quantitative estimate of drug-likeness (QED) is 0.762. The van der Waals surface area contributed by atoms with Crippen LogP contribution < -0.4 is 10.2 Å². The van der Waals surface area contributed by atoms with E-state index < -0.39 is 0 Å². The lowest BCUT2D eigenvalue weighted by Gasteiger charge is -2.34. The lowest BCUT2D eigenvalue weighted by Crippen LogP contribution is -2.44. The van der Waals surface area contributed by atoms with Crippen LogP contribution in [0.1, 0.15) is 46.1 Å². The number of hydrogen-bond acceptors (Lipinski definition) is 2. The van der Waals surface area contributed by atoms with Gasteiger partial charge in [-0.05, 0) is 38.0 Å². The molecule has 108 valence electrons. The second-order valence-corrected chi connectivity index (χ2v) is 5.63. The van der Waals surface area contributed by atoms with Crippen LogP contribution in [0.15, 0.2) is 24.3 Å². The number of rotatable bonds is 8. The summed E-state index contributed by atoms with van der Waals surface area (Å²) in [6.07, 6.45) is 2.47. The van der Waals surface area contributed by atoms with E-state index in [1.54, 1.807) is 0 Å². The highest BCUT2D eigenvalue weighted by atomic mass is 15.2. The van der Waals surface area contributed by atoms with Gasteiger partial charge in [0.1, 0.15) is 0 Å². The summed E-state index contributed by atoms with van der Waals surface area (Å²) >= 11 is 0. The van der Waals surface area contributed by atoms with Gasteiger partial charge < -0.3 is 10.2 Å². The molecule has 1 N–H and O–H groups in total. The fourth-order valence-corrected chi connectivity index (χ4v) is 2.53. The van der Waals surface area contributed by atoms with Crippen LogP contribution in [0.5, 0.6) is 0 Å². The van der Waals surface area contributed by atoms with Gasteiger partial charge in [-0.1, -0.05) is 39.3 Å². The number of benzene rings is 1. The van der Waals surface area contributed by atoms with Crippen LogP contribution in [0.3, 0.4) is 0 Å². The fourth-order valence-electron chi connectivity index (χ4n) is 2.53. The summed E-state index contributed by atoms with van der Waals surface area (Å²) in [6, 6.07) is 9.98. The number of hydrogen-bond donors (Lipinski definition) is 1. The van der Waals surface area contributed by atoms with Crippen molar-refractivity contribution in [3.05, 3.63) is 29.8 Å². The number of likely N-dealkylation sites (N-methyl/N-ethyl adjacent to an activating group) is 1. The Balaban J connectivity index is 2.83. The SMILES string of the molecule is CCCC(CNC(C)C)N(CC)c1cccc(C)c1. The summed E-state index contributed by atoms with van der Waals surface area (Å²) in [5.74, 6) is 0. The van der Waals surface area contributed by atoms with Crippen LogP contribution in [-0.2, 0) is 0 Å². The zero-order valence-electron chi connectivity index (χ0n) is 13.2. The highest BCUT2D eigenvalue weighted by Gasteiger charge is 2.17. The summed E-state index contributed by atoms with van der Waals surface area (Å²) in [5, 5.41) is 3.59. The minimum atomic E-state index is 0.551. The third-order valence-electron chi connectivity index (χ3n) is 3.50. The van der Waals surface area contributed by atoms with Crippen LogP contribution >= 0.6 is 0 Å². The van der Waals surface area contributed by atoms with E-state index in [9.17, 15) is 0 Å². The first-order valence-electron chi connectivity index (χ1n) is 7.65. The van der Waals surface area contributed by atoms with Crippen molar-refractivity contribution in [2.24, 2.45) is 0 Å². The van der Waals surface area contributed by atoms with Gasteiger partial charge in [0.2, 0.25) is 0 Å². The van der Waals surface area contributed by atoms with Crippen molar-refractivity contribution in [2.45, 2.75) is 59.5 Å². The normalized spacial score (nSPS) is 12.7. The molecule has 0 spiro atoms. The molecule has 0 aromatic heterocycles. The van der Waals surface area contributed by atoms with Gasteiger partial charge >= 0.3 is 0 Å². The molecule has 0 bridgehead atoms. The first kappa shape index (κ1) is 16.0. The summed E-state index contributed by atoms with van der Waals surface area (Å²) in [7, 11) is 0. The van der Waals surface area contributed by atoms with Gasteiger partial charge in [-0.25, -0.2) is 0 Å². The van der Waals surface area contributed by atoms with Crippen molar-refractivity contribution in [2.75, 3.05) is 18.0 Å². The summed E-state index contributed by atoms with van der Waals surface area (Å²) in [4.78, 5) is 2.53. The molecule has 0 aliphatic rings. The van der Waals surface area contributed by atoms with Crippen molar-refractivity contribution in [3.8, 4) is 0 Å². The maximum absolute atomic E-state index is 3.59. The van der Waals surface area contributed by atoms with Gasteiger partial charge in [0, 0.05) is 30.9 Å². The van der Waals surface area contributed by atoms with E-state index >= 15 is 0 Å². The predicted octanol–water partition coefficient (Wildman–Crippen LogP) is 3.99. The Bertz CT molecular complexity index is 360. The van der Waals surface area contributed by atoms with Crippen molar-refractivity contribution < 1.29 is 0 Å². The summed E-state index contributed by atoms with van der Waals surface area (Å²) < 4.78 is 0. The molecule has 1 atom stereocenters. The van der Waals surface area contributed by atoms with E-state index in [-0.39, 0.29) is 0 Å². The van der Waals surface area contributed by atoms with Crippen molar-refractivity contribution >= 4 is 5.69 Å². The van der Waals surface area contributed by atoms with E-state index in [1.807, 2.05) is 0 Å². The largest absolute Gasteiger partial charge is 0.368 e. The third kappa shape index (κ3) is 5.23. The standard InChI is InChI=1S/C17H30N2/c1-6-9-17(13-18-14(3)4)19(7-2)16-11-8-10-15(5)12-16/h8,10-12,14,17-18H,6-7,9,13H2,1-5H3. The van der Waals surface area contributed by atoms with Crippen molar-refractivity contribution in [1.29, 1.82) is 0 Å². The molecular weight excluding hydrogens is 232 g/mol. The average Bonchev–Trinajstić information content (AvgIpc) is 2.37. The van der Waals surface area contributed by atoms with Crippen LogP contribution in [0, 0.1) is 6.92 Å². The molecule has 1 aromatic carbocycles. The molecule has 0 aliphatic carbocycles. The first-order valence-corrected chi connectivity index (χ1v) is 7.65. The Labute approximate surface area is 119 Å². The van der Waals surface area contributed by atoms with E-state index in [2.05, 4.69) is 69.1 Å². The smallest absolute Gasteiger partial charge is 0.0414 e. The van der Waals surface area contributed by atoms with Gasteiger partial charge in [0.15, 0.2) is 0 Å². The molecule has 0 fully saturated rings. The van der Waals surface area contributed by atoms with Gasteiger partial charge in [-0.3, -0.25) is 0 Å². The second kappa shape index (κ2) is 8.21. The monoisotopic (exact) mass is 262 g/mol. The number of nitrogens with one attached hydrogen (secondary N) is 1. The van der Waals surface area contributed by atoms with Crippen LogP contribution in [-0.4, -0.2) is 25.2 Å². The topological polar surface area (TPSA) is 15.3 Å². The molecule has 0 aliphatic heterocycles. The molecule has 2 nitrogen and oxygen atoms in total. The van der Waals surface area contributed by atoms with Crippen molar-refractivity contribution in [1.82, 2.24) is 5.32 Å². The lowest BCUT2D eigenvalue weighted by atomic mass is 10.1. The van der Waals surface area contributed by atoms with Gasteiger partial charge in [0.25, 0.3) is 0 Å². The third-order valence-corrected chi connectivity index (χ3v) is 3.50. The maximum Gasteiger partial charge on any atom is 0.0414 e. The average molecular weight is 262 g/mol. The number of anilines is 1. The van der Waals surface area contributed by atoms with Crippen LogP contribution in [0.25, 0.3) is 0 Å². The Kier molecular flexibility index (Phi) is 6.93. The van der Waals surface area contributed by atoms with Gasteiger partial charge in [-0.15, -0.1) is 0 Å². The molecule has 1 unspecified atom stereocenters. The van der Waals surface area contributed by atoms with Crippen molar-refractivity contribution in [3.63, 3.8) is 0 Å². The Morgan fingerprint density at radius 2 is 1.95 bits per heavy atom. The first-order chi connectivity index (χ1) is 9.08. The molecule has 0 heterocycles. The number of nitrogens with zero attached hydrogens (tertiary/aromatic N) is 1. The highest BCUT2D eigenvalue weighted by Crippen LogP contribution is 2.20. The molecule has 2 heteroatoms. The molecule has 19 heavy (non-hydrogen) atoms. The molecule has 0 saturated heterocycles. The number of aryl methyl sites for hydroxylation is 1. The van der Waals surface area contributed by atoms with E-state index in [0.29, 0.717) is 12.1 Å². The highest BCUT2D eigenvalue weighted by molar-refractivity contribution is 5.49. The van der Waals surface area contributed by atoms with Gasteiger partial charge in [0.05, 0.1) is 0 Å². The van der Waals surface area contributed by atoms with E-state index in [4.69, 9.17) is 0 Å². The second-order valence-electron chi connectivity index (χ2n) is 5.63. The van der Waals surface area contributed by atoms with Gasteiger partial charge in [-0.2, -0.15) is 0 Å². The Morgan fingerprint density at radius 3 is 2.47 bits per heavy atom. The molecule has 1 rings (SSSR count). The fraction of sp³-hybridized carbons (Fsp3) is 0.647. The summed E-state index contributed by atoms with van der Waals surface area (Å²) in [5.41, 5.74) is 2.69. The molecule has 0 radical (unpaired) electrons. The predicted molar refractivity (Wildman–Crippen MR) is 86.0 cm³/mol. The van der Waals surface area contributed by atoms with E-state index in [0.717, 1.165) is 13.1 Å². The molecule has 1 aromatic rings. The van der Waals surface area contributed by atoms with Crippen LogP contribution in [0.2, 0.25) is 0 Å². The molecular formula is C17H30N2. The minimum Gasteiger partial charge on any atom is -0.368 e. The minimum absolute atomic E-state index is 0.551. The molecule has 0 saturated carbocycles. The van der Waals surface area contributed by atoms with E-state index in [1.165, 1.54) is 24.1 Å².